The molecule has 5 heteroatoms. The van der Waals surface area contributed by atoms with Gasteiger partial charge in [-0.25, -0.2) is 4.98 Å². The number of aromatic nitrogens is 1. The van der Waals surface area contributed by atoms with Gasteiger partial charge in [0.25, 0.3) is 0 Å². The SMILES string of the molecule is Cc1nc(/C=C/C(=O)NC(c2ccccc2)c2cccs2)cs1. The number of rotatable bonds is 5. The average Bonchev–Trinajstić information content (AvgIpc) is 3.23. The van der Waals surface area contributed by atoms with Gasteiger partial charge in [-0.3, -0.25) is 4.79 Å². The van der Waals surface area contributed by atoms with Gasteiger partial charge in [-0.05, 0) is 30.0 Å². The molecule has 0 aliphatic carbocycles. The van der Waals surface area contributed by atoms with Crippen molar-refractivity contribution >= 4 is 34.7 Å². The second-order valence-corrected chi connectivity index (χ2v) is 7.03. The second-order valence-electron chi connectivity index (χ2n) is 4.99. The van der Waals surface area contributed by atoms with Crippen molar-refractivity contribution in [2.45, 2.75) is 13.0 Å². The average molecular weight is 340 g/mol. The standard InChI is InChI=1S/C18H16N2OS2/c1-13-19-15(12-23-13)9-10-17(21)20-18(16-8-5-11-22-16)14-6-3-2-4-7-14/h2-12,18H,1H3,(H,20,21)/b10-9+. The van der Waals surface area contributed by atoms with Crippen LogP contribution in [0.2, 0.25) is 0 Å². The number of nitrogens with zero attached hydrogens (tertiary/aromatic N) is 1. The Morgan fingerprint density at radius 3 is 2.65 bits per heavy atom. The zero-order valence-electron chi connectivity index (χ0n) is 12.6. The number of hydrogen-bond acceptors (Lipinski definition) is 4. The number of amides is 1. The smallest absolute Gasteiger partial charge is 0.244 e. The lowest BCUT2D eigenvalue weighted by Gasteiger charge is -2.17. The van der Waals surface area contributed by atoms with E-state index in [1.807, 2.05) is 60.1 Å². The van der Waals surface area contributed by atoms with Crippen LogP contribution < -0.4 is 5.32 Å². The van der Waals surface area contributed by atoms with Gasteiger partial charge in [-0.2, -0.15) is 0 Å². The minimum Gasteiger partial charge on any atom is -0.341 e. The molecule has 2 aromatic heterocycles. The summed E-state index contributed by atoms with van der Waals surface area (Å²) in [5.41, 5.74) is 1.89. The van der Waals surface area contributed by atoms with E-state index in [2.05, 4.69) is 10.3 Å². The number of carbonyl (C=O) groups excluding carboxylic acids is 1. The first-order valence-electron chi connectivity index (χ1n) is 7.21. The van der Waals surface area contributed by atoms with Gasteiger partial charge in [-0.1, -0.05) is 36.4 Å². The minimum absolute atomic E-state index is 0.127. The van der Waals surface area contributed by atoms with Gasteiger partial charge in [0.2, 0.25) is 5.91 Å². The van der Waals surface area contributed by atoms with Gasteiger partial charge in [0.1, 0.15) is 0 Å². The number of thiophene rings is 1. The molecule has 0 radical (unpaired) electrons. The van der Waals surface area contributed by atoms with E-state index in [4.69, 9.17) is 0 Å². The zero-order chi connectivity index (χ0) is 16.1. The summed E-state index contributed by atoms with van der Waals surface area (Å²) in [4.78, 5) is 17.7. The molecule has 1 atom stereocenters. The topological polar surface area (TPSA) is 42.0 Å². The molecule has 0 saturated carbocycles. The van der Waals surface area contributed by atoms with Crippen LogP contribution in [0.25, 0.3) is 6.08 Å². The molecule has 0 aliphatic rings. The summed E-state index contributed by atoms with van der Waals surface area (Å²) in [6.45, 7) is 1.95. The first kappa shape index (κ1) is 15.6. The van der Waals surface area contributed by atoms with E-state index in [-0.39, 0.29) is 11.9 Å². The second kappa shape index (κ2) is 7.35. The molecule has 116 valence electrons. The zero-order valence-corrected chi connectivity index (χ0v) is 14.2. The molecule has 0 bridgehead atoms. The van der Waals surface area contributed by atoms with Gasteiger partial charge in [-0.15, -0.1) is 22.7 Å². The molecule has 1 unspecified atom stereocenters. The van der Waals surface area contributed by atoms with Crippen molar-refractivity contribution in [3.05, 3.63) is 80.4 Å². The molecule has 2 heterocycles. The van der Waals surface area contributed by atoms with E-state index in [1.165, 1.54) is 6.08 Å². The van der Waals surface area contributed by atoms with E-state index in [9.17, 15) is 4.79 Å². The highest BCUT2D eigenvalue weighted by atomic mass is 32.1. The van der Waals surface area contributed by atoms with E-state index in [0.29, 0.717) is 0 Å². The molecule has 3 aromatic rings. The van der Waals surface area contributed by atoms with Crippen molar-refractivity contribution in [1.29, 1.82) is 0 Å². The van der Waals surface area contributed by atoms with Gasteiger partial charge in [0.15, 0.2) is 0 Å². The van der Waals surface area contributed by atoms with Crippen LogP contribution >= 0.6 is 22.7 Å². The Morgan fingerprint density at radius 1 is 1.17 bits per heavy atom. The molecular formula is C18H16N2OS2. The van der Waals surface area contributed by atoms with Crippen LogP contribution in [0.15, 0.2) is 59.3 Å². The van der Waals surface area contributed by atoms with E-state index in [1.54, 1.807) is 28.7 Å². The third-order valence-electron chi connectivity index (χ3n) is 3.29. The first-order chi connectivity index (χ1) is 11.2. The molecule has 3 rings (SSSR count). The number of hydrogen-bond donors (Lipinski definition) is 1. The van der Waals surface area contributed by atoms with Crippen molar-refractivity contribution in [1.82, 2.24) is 10.3 Å². The highest BCUT2D eigenvalue weighted by Gasteiger charge is 2.16. The van der Waals surface area contributed by atoms with Gasteiger partial charge in [0.05, 0.1) is 16.7 Å². The van der Waals surface area contributed by atoms with Crippen LogP contribution in [0.3, 0.4) is 0 Å². The molecule has 1 aromatic carbocycles. The maximum absolute atomic E-state index is 12.3. The summed E-state index contributed by atoms with van der Waals surface area (Å²) in [5, 5.41) is 8.02. The van der Waals surface area contributed by atoms with Crippen molar-refractivity contribution in [2.24, 2.45) is 0 Å². The van der Waals surface area contributed by atoms with E-state index >= 15 is 0 Å². The van der Waals surface area contributed by atoms with Crippen LogP contribution in [0, 0.1) is 6.92 Å². The molecule has 0 fully saturated rings. The lowest BCUT2D eigenvalue weighted by molar-refractivity contribution is -0.116. The third kappa shape index (κ3) is 4.15. The van der Waals surface area contributed by atoms with E-state index in [0.717, 1.165) is 21.1 Å². The van der Waals surface area contributed by atoms with Crippen molar-refractivity contribution in [3.63, 3.8) is 0 Å². The van der Waals surface area contributed by atoms with Crippen LogP contribution in [0.5, 0.6) is 0 Å². The number of carbonyl (C=O) groups is 1. The van der Waals surface area contributed by atoms with Gasteiger partial charge >= 0.3 is 0 Å². The Kier molecular flexibility index (Phi) is 5.00. The molecule has 0 aliphatic heterocycles. The monoisotopic (exact) mass is 340 g/mol. The number of aryl methyl sites for hydroxylation is 1. The van der Waals surface area contributed by atoms with E-state index < -0.39 is 0 Å². The molecular weight excluding hydrogens is 324 g/mol. The fraction of sp³-hybridized carbons (Fsp3) is 0.111. The van der Waals surface area contributed by atoms with Crippen molar-refractivity contribution in [2.75, 3.05) is 0 Å². The molecule has 3 nitrogen and oxygen atoms in total. The highest BCUT2D eigenvalue weighted by molar-refractivity contribution is 7.10. The normalized spacial score (nSPS) is 12.4. The summed E-state index contributed by atoms with van der Waals surface area (Å²) in [5.74, 6) is -0.127. The first-order valence-corrected chi connectivity index (χ1v) is 8.97. The van der Waals surface area contributed by atoms with Gasteiger partial charge < -0.3 is 5.32 Å². The van der Waals surface area contributed by atoms with Gasteiger partial charge in [0, 0.05) is 16.3 Å². The Labute approximate surface area is 143 Å². The Morgan fingerprint density at radius 2 is 2.00 bits per heavy atom. The molecule has 0 spiro atoms. The summed E-state index contributed by atoms with van der Waals surface area (Å²) in [6, 6.07) is 13.9. The lowest BCUT2D eigenvalue weighted by atomic mass is 10.1. The Bertz CT molecular complexity index is 792. The Hall–Kier alpha value is -2.24. The van der Waals surface area contributed by atoms with Crippen LogP contribution in [0.4, 0.5) is 0 Å². The molecule has 23 heavy (non-hydrogen) atoms. The summed E-state index contributed by atoms with van der Waals surface area (Å²) >= 11 is 3.21. The lowest BCUT2D eigenvalue weighted by Crippen LogP contribution is -2.27. The maximum atomic E-state index is 12.3. The Balaban J connectivity index is 1.76. The number of nitrogens with one attached hydrogen (secondary N) is 1. The molecule has 1 N–H and O–H groups in total. The summed E-state index contributed by atoms with van der Waals surface area (Å²) < 4.78 is 0. The fourth-order valence-corrected chi connectivity index (χ4v) is 3.61. The van der Waals surface area contributed by atoms with Crippen molar-refractivity contribution < 1.29 is 4.79 Å². The fourth-order valence-electron chi connectivity index (χ4n) is 2.23. The predicted molar refractivity (Wildman–Crippen MR) is 96.6 cm³/mol. The maximum Gasteiger partial charge on any atom is 0.244 e. The number of benzene rings is 1. The largest absolute Gasteiger partial charge is 0.341 e. The quantitative estimate of drug-likeness (QED) is 0.698. The van der Waals surface area contributed by atoms with Crippen LogP contribution in [-0.2, 0) is 4.79 Å². The molecule has 1 amide bonds. The third-order valence-corrected chi connectivity index (χ3v) is 5.02. The summed E-state index contributed by atoms with van der Waals surface area (Å²) in [6.07, 6.45) is 3.29. The van der Waals surface area contributed by atoms with Crippen LogP contribution in [-0.4, -0.2) is 10.9 Å². The summed E-state index contributed by atoms with van der Waals surface area (Å²) in [7, 11) is 0. The predicted octanol–water partition coefficient (Wildman–Crippen LogP) is 4.43. The highest BCUT2D eigenvalue weighted by Crippen LogP contribution is 2.25. The molecule has 0 saturated heterocycles. The number of thiazole rings is 1. The van der Waals surface area contributed by atoms with Crippen molar-refractivity contribution in [3.8, 4) is 0 Å². The van der Waals surface area contributed by atoms with Crippen LogP contribution in [0.1, 0.15) is 27.2 Å². The minimum atomic E-state index is -0.134.